The highest BCUT2D eigenvalue weighted by atomic mass is 16.4. The molecule has 358 valence electrons. The smallest absolute Gasteiger partial charge is 0.326 e. The van der Waals surface area contributed by atoms with E-state index in [0.717, 1.165) is 5.56 Å². The molecule has 2 rings (SSSR count). The SMILES string of the molecule is CC[C@H](C)[C@H](NC(=O)[C@H](CCC(=O)O)NC(=O)[C@H](Cc1ccc(O)cc1)NC(=O)[C@@H](NC(=O)[C@@H](N)Cc1ccccc1)[C@@H](C)CC)C(=O)N[C@@H](C)C(=O)N[C@@H](CCCN=C(N)N)C(=O)O. The van der Waals surface area contributed by atoms with Gasteiger partial charge in [0, 0.05) is 19.4 Å². The van der Waals surface area contributed by atoms with Gasteiger partial charge in [0.25, 0.3) is 0 Å². The number of carbonyl (C=O) groups excluding carboxylic acids is 6. The number of benzene rings is 2. The zero-order valence-electron chi connectivity index (χ0n) is 37.5. The number of nitrogens with zero attached hydrogens (tertiary/aromatic N) is 1. The minimum absolute atomic E-state index is 0.0219. The molecule has 0 radical (unpaired) electrons. The topological polar surface area (TPSA) is 360 Å². The molecule has 9 atom stereocenters. The van der Waals surface area contributed by atoms with E-state index in [9.17, 15) is 53.7 Å². The summed E-state index contributed by atoms with van der Waals surface area (Å²) in [4.78, 5) is 110. The molecule has 15 N–H and O–H groups in total. The second kappa shape index (κ2) is 27.4. The molecule has 0 aliphatic rings. The van der Waals surface area contributed by atoms with Gasteiger partial charge < -0.3 is 64.4 Å². The predicted molar refractivity (Wildman–Crippen MR) is 241 cm³/mol. The number of hydrogen-bond acceptors (Lipinski definition) is 11. The van der Waals surface area contributed by atoms with E-state index in [0.29, 0.717) is 18.4 Å². The van der Waals surface area contributed by atoms with Gasteiger partial charge in [-0.25, -0.2) is 4.79 Å². The number of aliphatic carboxylic acids is 2. The second-order valence-electron chi connectivity index (χ2n) is 16.0. The third kappa shape index (κ3) is 19.2. The van der Waals surface area contributed by atoms with Crippen LogP contribution in [-0.4, -0.2) is 117 Å². The van der Waals surface area contributed by atoms with Crippen molar-refractivity contribution in [2.45, 2.75) is 128 Å². The van der Waals surface area contributed by atoms with Crippen LogP contribution in [0.25, 0.3) is 0 Å². The number of carbonyl (C=O) groups is 8. The van der Waals surface area contributed by atoms with Crippen molar-refractivity contribution in [2.24, 2.45) is 34.0 Å². The largest absolute Gasteiger partial charge is 0.508 e. The van der Waals surface area contributed by atoms with Gasteiger partial charge in [0.1, 0.15) is 42.0 Å². The Morgan fingerprint density at radius 3 is 1.65 bits per heavy atom. The molecule has 0 saturated carbocycles. The molecule has 0 fully saturated rings. The predicted octanol–water partition coefficient (Wildman–Crippen LogP) is -0.471. The molecular formula is C44H66N10O11. The average Bonchev–Trinajstić information content (AvgIpc) is 3.26. The third-order valence-electron chi connectivity index (χ3n) is 10.8. The number of nitrogens with two attached hydrogens (primary N) is 3. The standard InChI is InChI=1S/C44H66N10O11/c1-6-24(3)35(41(62)49-26(5)37(58)51-32(43(64)65)14-11-21-48-44(46)47)54-39(60)31(19-20-34(56)57)50-40(61)33(23-28-15-17-29(55)18-16-28)52-42(63)36(25(4)7-2)53-38(59)30(45)22-27-12-9-8-10-13-27/h8-10,12-13,15-18,24-26,30-33,35-36,55H,6-7,11,14,19-23,45H2,1-5H3,(H,49,62)(H,50,61)(H,51,58)(H,52,63)(H,53,59)(H,54,60)(H,56,57)(H,64,65)(H4,46,47,48)/t24-,25-,26-,30-,31-,32-,33-,35-,36-/m0/s1. The van der Waals surface area contributed by atoms with Crippen LogP contribution in [0.15, 0.2) is 59.6 Å². The first kappa shape index (κ1) is 54.4. The number of amides is 6. The van der Waals surface area contributed by atoms with Crippen LogP contribution in [0.4, 0.5) is 0 Å². The third-order valence-corrected chi connectivity index (χ3v) is 10.8. The summed E-state index contributed by atoms with van der Waals surface area (Å²) in [7, 11) is 0. The van der Waals surface area contributed by atoms with E-state index in [1.807, 2.05) is 25.1 Å². The summed E-state index contributed by atoms with van der Waals surface area (Å²) in [6.07, 6.45) is -0.0210. The Kier molecular flexibility index (Phi) is 22.9. The van der Waals surface area contributed by atoms with Crippen molar-refractivity contribution in [3.05, 3.63) is 65.7 Å². The van der Waals surface area contributed by atoms with Gasteiger partial charge in [-0.3, -0.25) is 38.6 Å². The maximum Gasteiger partial charge on any atom is 0.326 e. The normalized spacial score (nSPS) is 15.1. The van der Waals surface area contributed by atoms with E-state index >= 15 is 0 Å². The highest BCUT2D eigenvalue weighted by molar-refractivity contribution is 5.97. The number of aliphatic imine (C=N–C) groups is 1. The van der Waals surface area contributed by atoms with Gasteiger partial charge in [0.15, 0.2) is 5.96 Å². The summed E-state index contributed by atoms with van der Waals surface area (Å²) in [6.45, 7) is 8.36. The van der Waals surface area contributed by atoms with Crippen LogP contribution < -0.4 is 49.1 Å². The van der Waals surface area contributed by atoms with E-state index < -0.39 is 114 Å². The molecule has 21 nitrogen and oxygen atoms in total. The van der Waals surface area contributed by atoms with Crippen molar-refractivity contribution in [3.8, 4) is 5.75 Å². The van der Waals surface area contributed by atoms with E-state index in [1.54, 1.807) is 32.9 Å². The Balaban J connectivity index is 2.35. The van der Waals surface area contributed by atoms with E-state index in [2.05, 4.69) is 36.9 Å². The maximum absolute atomic E-state index is 14.2. The van der Waals surface area contributed by atoms with Crippen molar-refractivity contribution in [1.29, 1.82) is 0 Å². The van der Waals surface area contributed by atoms with Gasteiger partial charge in [0.05, 0.1) is 6.04 Å². The number of hydrogen-bond donors (Lipinski definition) is 12. The van der Waals surface area contributed by atoms with Gasteiger partial charge in [-0.2, -0.15) is 0 Å². The van der Waals surface area contributed by atoms with Crippen LogP contribution in [-0.2, 0) is 51.2 Å². The van der Waals surface area contributed by atoms with Gasteiger partial charge in [-0.1, -0.05) is 83.0 Å². The number of carboxylic acids is 2. The Morgan fingerprint density at radius 2 is 1.11 bits per heavy atom. The lowest BCUT2D eigenvalue weighted by Crippen LogP contribution is -2.61. The molecule has 6 amide bonds. The summed E-state index contributed by atoms with van der Waals surface area (Å²) >= 11 is 0. The first-order valence-electron chi connectivity index (χ1n) is 21.6. The minimum atomic E-state index is -1.56. The van der Waals surface area contributed by atoms with Gasteiger partial charge in [-0.15, -0.1) is 0 Å². The lowest BCUT2D eigenvalue weighted by molar-refractivity contribution is -0.142. The van der Waals surface area contributed by atoms with Crippen LogP contribution in [0, 0.1) is 11.8 Å². The fraction of sp³-hybridized carbons (Fsp3) is 0.523. The molecule has 0 heterocycles. The summed E-state index contributed by atoms with van der Waals surface area (Å²) in [5, 5.41) is 44.5. The fourth-order valence-electron chi connectivity index (χ4n) is 6.45. The second-order valence-corrected chi connectivity index (χ2v) is 16.0. The highest BCUT2D eigenvalue weighted by Gasteiger charge is 2.35. The van der Waals surface area contributed by atoms with Crippen LogP contribution >= 0.6 is 0 Å². The summed E-state index contributed by atoms with van der Waals surface area (Å²) in [5.74, 6) is -8.72. The number of phenols is 1. The molecule has 0 saturated heterocycles. The average molecular weight is 911 g/mol. The molecule has 0 aliphatic carbocycles. The molecule has 0 unspecified atom stereocenters. The molecule has 65 heavy (non-hydrogen) atoms. The molecule has 2 aromatic carbocycles. The lowest BCUT2D eigenvalue weighted by Gasteiger charge is -2.29. The molecular weight excluding hydrogens is 845 g/mol. The zero-order valence-corrected chi connectivity index (χ0v) is 37.5. The summed E-state index contributed by atoms with van der Waals surface area (Å²) in [6, 6.07) is 5.77. The molecule has 0 spiro atoms. The number of guanidine groups is 1. The van der Waals surface area contributed by atoms with Crippen LogP contribution in [0.5, 0.6) is 5.75 Å². The molecule has 0 bridgehead atoms. The van der Waals surface area contributed by atoms with Gasteiger partial charge >= 0.3 is 11.9 Å². The first-order chi connectivity index (χ1) is 30.7. The molecule has 21 heteroatoms. The minimum Gasteiger partial charge on any atom is -0.508 e. The number of carboxylic acid groups (broad SMARTS) is 2. The maximum atomic E-state index is 14.2. The number of rotatable bonds is 28. The Morgan fingerprint density at radius 1 is 0.600 bits per heavy atom. The molecule has 0 aliphatic heterocycles. The van der Waals surface area contributed by atoms with E-state index in [-0.39, 0.29) is 43.9 Å². The van der Waals surface area contributed by atoms with Crippen molar-refractivity contribution >= 4 is 53.3 Å². The monoisotopic (exact) mass is 910 g/mol. The number of aromatic hydroxyl groups is 1. The van der Waals surface area contributed by atoms with Crippen LogP contribution in [0.1, 0.15) is 84.3 Å². The summed E-state index contributed by atoms with van der Waals surface area (Å²) < 4.78 is 0. The Bertz CT molecular complexity index is 1950. The number of phenolic OH excluding ortho intramolecular Hbond substituents is 1. The molecule has 0 aromatic heterocycles. The van der Waals surface area contributed by atoms with Gasteiger partial charge in [-0.05, 0) is 67.7 Å². The number of nitrogens with one attached hydrogen (secondary N) is 6. The van der Waals surface area contributed by atoms with E-state index in [4.69, 9.17) is 17.2 Å². The van der Waals surface area contributed by atoms with E-state index in [1.165, 1.54) is 31.2 Å². The quantitative estimate of drug-likeness (QED) is 0.0292. The highest BCUT2D eigenvalue weighted by Crippen LogP contribution is 2.15. The fourth-order valence-corrected chi connectivity index (χ4v) is 6.45. The lowest BCUT2D eigenvalue weighted by atomic mass is 9.96. The zero-order chi connectivity index (χ0) is 48.8. The first-order valence-corrected chi connectivity index (χ1v) is 21.6. The van der Waals surface area contributed by atoms with Crippen LogP contribution in [0.2, 0.25) is 0 Å². The van der Waals surface area contributed by atoms with Crippen molar-refractivity contribution in [1.82, 2.24) is 31.9 Å². The van der Waals surface area contributed by atoms with Crippen LogP contribution in [0.3, 0.4) is 0 Å². The van der Waals surface area contributed by atoms with Crippen molar-refractivity contribution in [3.63, 3.8) is 0 Å². The van der Waals surface area contributed by atoms with Crippen molar-refractivity contribution < 1.29 is 53.7 Å². The Hall–Kier alpha value is -6.77. The molecule has 2 aromatic rings. The summed E-state index contributed by atoms with van der Waals surface area (Å²) in [5.41, 5.74) is 18.1. The van der Waals surface area contributed by atoms with Gasteiger partial charge in [0.2, 0.25) is 35.4 Å². The van der Waals surface area contributed by atoms with Crippen molar-refractivity contribution in [2.75, 3.05) is 6.54 Å². The Labute approximate surface area is 378 Å².